The van der Waals surface area contributed by atoms with Gasteiger partial charge in [0, 0.05) is 0 Å². The third-order valence-electron chi connectivity index (χ3n) is 2.36. The summed E-state index contributed by atoms with van der Waals surface area (Å²) >= 11 is 0. The average molecular weight is 150 g/mol. The van der Waals surface area contributed by atoms with Gasteiger partial charge in [-0.25, -0.2) is 0 Å². The summed E-state index contributed by atoms with van der Waals surface area (Å²) in [5.41, 5.74) is 0.541. The van der Waals surface area contributed by atoms with E-state index in [1.54, 1.807) is 0 Å². The summed E-state index contributed by atoms with van der Waals surface area (Å²) in [5.74, 6) is 0. The summed E-state index contributed by atoms with van der Waals surface area (Å²) in [6.45, 7) is 4.72. The molecule has 62 valence electrons. The van der Waals surface area contributed by atoms with Crippen molar-refractivity contribution >= 4 is 0 Å². The minimum absolute atomic E-state index is 0.541. The Hall–Kier alpha value is -0.520. The predicted octanol–water partition coefficient (Wildman–Crippen LogP) is 3.70. The molecule has 0 amide bonds. The van der Waals surface area contributed by atoms with Crippen LogP contribution in [0.2, 0.25) is 0 Å². The second kappa shape index (κ2) is 3.75. The van der Waals surface area contributed by atoms with Crippen molar-refractivity contribution in [2.75, 3.05) is 0 Å². The summed E-state index contributed by atoms with van der Waals surface area (Å²) < 4.78 is 0. The van der Waals surface area contributed by atoms with Crippen LogP contribution in [0.5, 0.6) is 0 Å². The maximum Gasteiger partial charge on any atom is -0.0343 e. The quantitative estimate of drug-likeness (QED) is 0.494. The van der Waals surface area contributed by atoms with Gasteiger partial charge >= 0.3 is 0 Å². The van der Waals surface area contributed by atoms with Gasteiger partial charge in [-0.2, -0.15) is 0 Å². The Morgan fingerprint density at radius 1 is 0.909 bits per heavy atom. The van der Waals surface area contributed by atoms with Crippen molar-refractivity contribution in [1.29, 1.82) is 0 Å². The van der Waals surface area contributed by atoms with Gasteiger partial charge in [0.15, 0.2) is 0 Å². The van der Waals surface area contributed by atoms with E-state index in [1.165, 1.54) is 25.7 Å². The van der Waals surface area contributed by atoms with Crippen LogP contribution in [0.15, 0.2) is 24.3 Å². The SMILES string of the molecule is CC1(C)CC/C=C\C=C/CC1. The smallest absolute Gasteiger partial charge is 0.0343 e. The highest BCUT2D eigenvalue weighted by molar-refractivity contribution is 5.03. The molecule has 0 spiro atoms. The lowest BCUT2D eigenvalue weighted by atomic mass is 9.83. The standard InChI is InChI=1S/C11H18/c1-11(2)9-7-5-3-4-6-8-10-11/h3-6H,7-10H2,1-2H3/b5-3-,6-4-. The molecule has 0 aliphatic heterocycles. The summed E-state index contributed by atoms with van der Waals surface area (Å²) in [6.07, 6.45) is 14.0. The van der Waals surface area contributed by atoms with Crippen LogP contribution in [0.4, 0.5) is 0 Å². The minimum Gasteiger partial charge on any atom is -0.0845 e. The van der Waals surface area contributed by atoms with Gasteiger partial charge in [0.05, 0.1) is 0 Å². The van der Waals surface area contributed by atoms with Crippen molar-refractivity contribution < 1.29 is 0 Å². The Morgan fingerprint density at radius 3 is 1.82 bits per heavy atom. The molecule has 0 atom stereocenters. The van der Waals surface area contributed by atoms with Gasteiger partial charge in [-0.1, -0.05) is 38.2 Å². The first-order chi connectivity index (χ1) is 5.21. The van der Waals surface area contributed by atoms with E-state index in [-0.39, 0.29) is 0 Å². The molecule has 0 unspecified atom stereocenters. The first-order valence-corrected chi connectivity index (χ1v) is 4.52. The molecular weight excluding hydrogens is 132 g/mol. The van der Waals surface area contributed by atoms with Crippen molar-refractivity contribution in [3.05, 3.63) is 24.3 Å². The molecule has 0 heteroatoms. The number of hydrogen-bond acceptors (Lipinski definition) is 0. The van der Waals surface area contributed by atoms with Crippen LogP contribution in [0.25, 0.3) is 0 Å². The molecule has 1 rings (SSSR count). The van der Waals surface area contributed by atoms with Crippen molar-refractivity contribution in [2.45, 2.75) is 39.5 Å². The molecule has 0 fully saturated rings. The molecule has 0 saturated heterocycles. The molecule has 0 aromatic carbocycles. The number of rotatable bonds is 0. The van der Waals surface area contributed by atoms with Crippen molar-refractivity contribution in [2.24, 2.45) is 5.41 Å². The molecule has 0 heterocycles. The fraction of sp³-hybridized carbons (Fsp3) is 0.636. The number of hydrogen-bond donors (Lipinski definition) is 0. The van der Waals surface area contributed by atoms with E-state index >= 15 is 0 Å². The zero-order valence-corrected chi connectivity index (χ0v) is 7.64. The topological polar surface area (TPSA) is 0 Å². The third-order valence-corrected chi connectivity index (χ3v) is 2.36. The molecule has 0 aromatic heterocycles. The molecule has 1 aliphatic rings. The second-order valence-electron chi connectivity index (χ2n) is 4.10. The summed E-state index contributed by atoms with van der Waals surface area (Å²) in [6, 6.07) is 0. The van der Waals surface area contributed by atoms with Crippen LogP contribution in [-0.2, 0) is 0 Å². The Morgan fingerprint density at radius 2 is 1.36 bits per heavy atom. The lowest BCUT2D eigenvalue weighted by molar-refractivity contribution is 0.313. The fourth-order valence-electron chi connectivity index (χ4n) is 1.42. The van der Waals surface area contributed by atoms with Gasteiger partial charge in [0.2, 0.25) is 0 Å². The van der Waals surface area contributed by atoms with Gasteiger partial charge in [0.25, 0.3) is 0 Å². The molecule has 1 aliphatic carbocycles. The van der Waals surface area contributed by atoms with Crippen LogP contribution in [0, 0.1) is 5.41 Å². The van der Waals surface area contributed by atoms with Crippen LogP contribution in [0.3, 0.4) is 0 Å². The summed E-state index contributed by atoms with van der Waals surface area (Å²) in [7, 11) is 0. The zero-order valence-electron chi connectivity index (χ0n) is 7.64. The van der Waals surface area contributed by atoms with E-state index in [0.29, 0.717) is 5.41 Å². The van der Waals surface area contributed by atoms with Crippen molar-refractivity contribution in [3.63, 3.8) is 0 Å². The molecule has 0 aromatic rings. The monoisotopic (exact) mass is 150 g/mol. The molecule has 0 nitrogen and oxygen atoms in total. The highest BCUT2D eigenvalue weighted by Gasteiger charge is 2.15. The first kappa shape index (κ1) is 8.58. The van der Waals surface area contributed by atoms with Gasteiger partial charge in [-0.15, -0.1) is 0 Å². The fourth-order valence-corrected chi connectivity index (χ4v) is 1.42. The molecule has 0 bridgehead atoms. The highest BCUT2D eigenvalue weighted by atomic mass is 14.2. The van der Waals surface area contributed by atoms with Gasteiger partial charge in [-0.05, 0) is 31.1 Å². The van der Waals surface area contributed by atoms with Gasteiger partial charge in [0.1, 0.15) is 0 Å². The average Bonchev–Trinajstić information content (AvgIpc) is 2.00. The Kier molecular flexibility index (Phi) is 2.92. The van der Waals surface area contributed by atoms with E-state index in [9.17, 15) is 0 Å². The summed E-state index contributed by atoms with van der Waals surface area (Å²) in [4.78, 5) is 0. The van der Waals surface area contributed by atoms with E-state index in [4.69, 9.17) is 0 Å². The van der Waals surface area contributed by atoms with Gasteiger partial charge in [-0.3, -0.25) is 0 Å². The molecule has 0 N–H and O–H groups in total. The Bertz CT molecular complexity index is 143. The Balaban J connectivity index is 2.51. The lowest BCUT2D eigenvalue weighted by Crippen LogP contribution is -2.09. The van der Waals surface area contributed by atoms with E-state index in [1.807, 2.05) is 0 Å². The molecular formula is C11H18. The Labute approximate surface area is 70.0 Å². The first-order valence-electron chi connectivity index (χ1n) is 4.52. The maximum atomic E-state index is 2.36. The largest absolute Gasteiger partial charge is 0.0845 e. The van der Waals surface area contributed by atoms with Crippen LogP contribution in [0.1, 0.15) is 39.5 Å². The zero-order chi connectivity index (χ0) is 8.16. The van der Waals surface area contributed by atoms with Gasteiger partial charge < -0.3 is 0 Å². The normalized spacial score (nSPS) is 29.6. The third kappa shape index (κ3) is 3.41. The highest BCUT2D eigenvalue weighted by Crippen LogP contribution is 2.29. The van der Waals surface area contributed by atoms with Crippen LogP contribution in [-0.4, -0.2) is 0 Å². The lowest BCUT2D eigenvalue weighted by Gasteiger charge is -2.22. The molecule has 11 heavy (non-hydrogen) atoms. The second-order valence-corrected chi connectivity index (χ2v) is 4.10. The number of allylic oxidation sites excluding steroid dienone is 4. The molecule has 0 radical (unpaired) electrons. The predicted molar refractivity (Wildman–Crippen MR) is 50.5 cm³/mol. The van der Waals surface area contributed by atoms with Crippen molar-refractivity contribution in [1.82, 2.24) is 0 Å². The van der Waals surface area contributed by atoms with E-state index < -0.39 is 0 Å². The van der Waals surface area contributed by atoms with Crippen LogP contribution >= 0.6 is 0 Å². The van der Waals surface area contributed by atoms with Crippen molar-refractivity contribution in [3.8, 4) is 0 Å². The minimum atomic E-state index is 0.541. The molecule has 0 saturated carbocycles. The summed E-state index contributed by atoms with van der Waals surface area (Å²) in [5, 5.41) is 0. The van der Waals surface area contributed by atoms with E-state index in [2.05, 4.69) is 38.2 Å². The van der Waals surface area contributed by atoms with E-state index in [0.717, 1.165) is 0 Å². The maximum absolute atomic E-state index is 2.36. The van der Waals surface area contributed by atoms with Crippen LogP contribution < -0.4 is 0 Å².